The second-order valence-electron chi connectivity index (χ2n) is 3.80. The van der Waals surface area contributed by atoms with E-state index in [1.165, 1.54) is 0 Å². The number of anilines is 1. The highest BCUT2D eigenvalue weighted by atomic mass is 16.5. The third-order valence-corrected chi connectivity index (χ3v) is 2.69. The van der Waals surface area contributed by atoms with Gasteiger partial charge in [0.05, 0.1) is 7.11 Å². The highest BCUT2D eigenvalue weighted by Gasteiger charge is 2.12. The number of amides is 1. The van der Waals surface area contributed by atoms with E-state index < -0.39 is 0 Å². The van der Waals surface area contributed by atoms with Gasteiger partial charge in [-0.2, -0.15) is 0 Å². The van der Waals surface area contributed by atoms with Crippen LogP contribution >= 0.6 is 0 Å². The smallest absolute Gasteiger partial charge is 0.258 e. The molecular weight excluding hydrogens is 228 g/mol. The van der Waals surface area contributed by atoms with E-state index in [1.54, 1.807) is 43.6 Å². The minimum absolute atomic E-state index is 0.0671. The van der Waals surface area contributed by atoms with E-state index in [-0.39, 0.29) is 5.91 Å². The van der Waals surface area contributed by atoms with Gasteiger partial charge in [0.15, 0.2) is 0 Å². The number of pyridine rings is 1. The second kappa shape index (κ2) is 5.31. The van der Waals surface area contributed by atoms with Gasteiger partial charge in [0.2, 0.25) is 0 Å². The van der Waals surface area contributed by atoms with Crippen molar-refractivity contribution in [3.8, 4) is 5.75 Å². The van der Waals surface area contributed by atoms with Gasteiger partial charge in [-0.25, -0.2) is 0 Å². The predicted octanol–water partition coefficient (Wildman–Crippen LogP) is 2.37. The lowest BCUT2D eigenvalue weighted by atomic mass is 10.2. The second-order valence-corrected chi connectivity index (χ2v) is 3.80. The van der Waals surface area contributed by atoms with Gasteiger partial charge in [-0.05, 0) is 36.4 Å². The summed E-state index contributed by atoms with van der Waals surface area (Å²) in [6.07, 6.45) is 3.21. The first-order valence-corrected chi connectivity index (χ1v) is 5.54. The number of hydrogen-bond donors (Lipinski definition) is 0. The number of rotatable bonds is 3. The van der Waals surface area contributed by atoms with E-state index >= 15 is 0 Å². The summed E-state index contributed by atoms with van der Waals surface area (Å²) in [7, 11) is 3.35. The Kier molecular flexibility index (Phi) is 3.57. The molecule has 0 saturated heterocycles. The zero-order valence-corrected chi connectivity index (χ0v) is 10.3. The molecule has 4 heteroatoms. The van der Waals surface area contributed by atoms with Gasteiger partial charge >= 0.3 is 0 Å². The summed E-state index contributed by atoms with van der Waals surface area (Å²) in [4.78, 5) is 17.7. The fraction of sp³-hybridized carbons (Fsp3) is 0.143. The fourth-order valence-corrected chi connectivity index (χ4v) is 1.61. The minimum Gasteiger partial charge on any atom is -0.497 e. The Bertz CT molecular complexity index is 523. The third kappa shape index (κ3) is 2.48. The topological polar surface area (TPSA) is 42.4 Å². The highest BCUT2D eigenvalue weighted by Crippen LogP contribution is 2.19. The molecule has 0 N–H and O–H groups in total. The molecule has 0 atom stereocenters. The molecule has 1 heterocycles. The highest BCUT2D eigenvalue weighted by molar-refractivity contribution is 6.05. The molecule has 18 heavy (non-hydrogen) atoms. The van der Waals surface area contributed by atoms with E-state index in [4.69, 9.17) is 4.74 Å². The number of methoxy groups -OCH3 is 1. The van der Waals surface area contributed by atoms with Crippen LogP contribution in [-0.2, 0) is 0 Å². The van der Waals surface area contributed by atoms with Crippen molar-refractivity contribution in [1.82, 2.24) is 4.98 Å². The number of hydrogen-bond acceptors (Lipinski definition) is 3. The summed E-state index contributed by atoms with van der Waals surface area (Å²) in [5, 5.41) is 0. The van der Waals surface area contributed by atoms with Gasteiger partial charge in [0, 0.05) is 30.7 Å². The first kappa shape index (κ1) is 12.1. The van der Waals surface area contributed by atoms with Crippen LogP contribution in [0.15, 0.2) is 48.8 Å². The molecule has 0 spiro atoms. The number of carbonyl (C=O) groups is 1. The zero-order chi connectivity index (χ0) is 13.0. The third-order valence-electron chi connectivity index (χ3n) is 2.69. The minimum atomic E-state index is -0.0671. The summed E-state index contributed by atoms with van der Waals surface area (Å²) >= 11 is 0. The summed E-state index contributed by atoms with van der Waals surface area (Å²) in [6.45, 7) is 0. The number of carbonyl (C=O) groups excluding carboxylic acids is 1. The number of benzene rings is 1. The van der Waals surface area contributed by atoms with Gasteiger partial charge in [0.25, 0.3) is 5.91 Å². The van der Waals surface area contributed by atoms with Crippen LogP contribution in [0.3, 0.4) is 0 Å². The van der Waals surface area contributed by atoms with E-state index in [2.05, 4.69) is 4.98 Å². The molecule has 0 unspecified atom stereocenters. The Morgan fingerprint density at radius 3 is 2.28 bits per heavy atom. The number of aromatic nitrogens is 1. The summed E-state index contributed by atoms with van der Waals surface area (Å²) in [5.41, 5.74) is 1.43. The SMILES string of the molecule is COc1ccc(N(C)C(=O)c2ccncc2)cc1. The lowest BCUT2D eigenvalue weighted by Gasteiger charge is -2.17. The average Bonchev–Trinajstić information content (AvgIpc) is 2.47. The summed E-state index contributed by atoms with van der Waals surface area (Å²) in [5.74, 6) is 0.700. The van der Waals surface area contributed by atoms with Crippen LogP contribution in [0, 0.1) is 0 Å². The van der Waals surface area contributed by atoms with Gasteiger partial charge in [-0.3, -0.25) is 9.78 Å². The van der Waals surface area contributed by atoms with E-state index in [0.717, 1.165) is 11.4 Å². The molecule has 92 valence electrons. The molecule has 1 aromatic carbocycles. The van der Waals surface area contributed by atoms with Crippen molar-refractivity contribution < 1.29 is 9.53 Å². The normalized spacial score (nSPS) is 9.89. The van der Waals surface area contributed by atoms with Gasteiger partial charge in [-0.15, -0.1) is 0 Å². The predicted molar refractivity (Wildman–Crippen MR) is 70.0 cm³/mol. The molecule has 1 aromatic heterocycles. The summed E-state index contributed by atoms with van der Waals surface area (Å²) < 4.78 is 5.08. The molecule has 0 aliphatic rings. The van der Waals surface area contributed by atoms with Crippen LogP contribution in [0.25, 0.3) is 0 Å². The van der Waals surface area contributed by atoms with Crippen LogP contribution in [0.1, 0.15) is 10.4 Å². The van der Waals surface area contributed by atoms with Crippen LogP contribution in [-0.4, -0.2) is 25.0 Å². The molecular formula is C14H14N2O2. The standard InChI is InChI=1S/C14H14N2O2/c1-16(12-3-5-13(18-2)6-4-12)14(17)11-7-9-15-10-8-11/h3-10H,1-2H3. The maximum absolute atomic E-state index is 12.2. The fourth-order valence-electron chi connectivity index (χ4n) is 1.61. The first-order valence-electron chi connectivity index (χ1n) is 5.54. The van der Waals surface area contributed by atoms with Crippen molar-refractivity contribution in [2.75, 3.05) is 19.1 Å². The first-order chi connectivity index (χ1) is 8.72. The lowest BCUT2D eigenvalue weighted by Crippen LogP contribution is -2.26. The number of nitrogens with zero attached hydrogens (tertiary/aromatic N) is 2. The molecule has 0 bridgehead atoms. The van der Waals surface area contributed by atoms with Crippen LogP contribution in [0.4, 0.5) is 5.69 Å². The van der Waals surface area contributed by atoms with E-state index in [9.17, 15) is 4.79 Å². The lowest BCUT2D eigenvalue weighted by molar-refractivity contribution is 0.0993. The van der Waals surface area contributed by atoms with Gasteiger partial charge in [0.1, 0.15) is 5.75 Å². The zero-order valence-electron chi connectivity index (χ0n) is 10.3. The van der Waals surface area contributed by atoms with Crippen molar-refractivity contribution >= 4 is 11.6 Å². The molecule has 0 fully saturated rings. The van der Waals surface area contributed by atoms with Crippen molar-refractivity contribution in [2.45, 2.75) is 0 Å². The molecule has 0 aliphatic heterocycles. The Balaban J connectivity index is 2.20. The van der Waals surface area contributed by atoms with Crippen LogP contribution in [0.5, 0.6) is 5.75 Å². The molecule has 2 rings (SSSR count). The van der Waals surface area contributed by atoms with Crippen molar-refractivity contribution in [3.05, 3.63) is 54.4 Å². The summed E-state index contributed by atoms with van der Waals surface area (Å²) in [6, 6.07) is 10.7. The Morgan fingerprint density at radius 2 is 1.72 bits per heavy atom. The van der Waals surface area contributed by atoms with Crippen molar-refractivity contribution in [2.24, 2.45) is 0 Å². The maximum atomic E-state index is 12.2. The molecule has 4 nitrogen and oxygen atoms in total. The molecule has 2 aromatic rings. The van der Waals surface area contributed by atoms with E-state index in [0.29, 0.717) is 5.56 Å². The quantitative estimate of drug-likeness (QED) is 0.829. The van der Waals surface area contributed by atoms with Crippen molar-refractivity contribution in [1.29, 1.82) is 0 Å². The number of ether oxygens (including phenoxy) is 1. The van der Waals surface area contributed by atoms with E-state index in [1.807, 2.05) is 24.3 Å². The molecule has 1 amide bonds. The molecule has 0 aliphatic carbocycles. The maximum Gasteiger partial charge on any atom is 0.258 e. The average molecular weight is 242 g/mol. The van der Waals surface area contributed by atoms with Crippen LogP contribution in [0.2, 0.25) is 0 Å². The molecule has 0 saturated carbocycles. The Hall–Kier alpha value is -2.36. The van der Waals surface area contributed by atoms with Gasteiger partial charge in [-0.1, -0.05) is 0 Å². The van der Waals surface area contributed by atoms with Crippen LogP contribution < -0.4 is 9.64 Å². The largest absolute Gasteiger partial charge is 0.497 e. The molecule has 0 radical (unpaired) electrons. The van der Waals surface area contributed by atoms with Gasteiger partial charge < -0.3 is 9.64 Å². The Morgan fingerprint density at radius 1 is 1.11 bits per heavy atom. The monoisotopic (exact) mass is 242 g/mol. The Labute approximate surface area is 106 Å². The van der Waals surface area contributed by atoms with Crippen molar-refractivity contribution in [3.63, 3.8) is 0 Å².